The standard InChI is InChI=1S/C13H16ClNO2/c1-2-3-6-16-7-8-17-13-5-4-11(10-15)9-12(13)14/h4-5,9H,2-3,6-8H2,1H3. The number of hydrogen-bond donors (Lipinski definition) is 0. The second-order valence-electron chi connectivity index (χ2n) is 3.57. The third-order valence-corrected chi connectivity index (χ3v) is 2.48. The Hall–Kier alpha value is -1.24. The Morgan fingerprint density at radius 3 is 2.76 bits per heavy atom. The van der Waals surface area contributed by atoms with Crippen LogP contribution in [0.3, 0.4) is 0 Å². The van der Waals surface area contributed by atoms with E-state index in [0.717, 1.165) is 19.4 Å². The number of nitrogens with zero attached hydrogens (tertiary/aromatic N) is 1. The van der Waals surface area contributed by atoms with Gasteiger partial charge in [0.1, 0.15) is 12.4 Å². The summed E-state index contributed by atoms with van der Waals surface area (Å²) in [5.74, 6) is 0.588. The summed E-state index contributed by atoms with van der Waals surface area (Å²) >= 11 is 5.95. The van der Waals surface area contributed by atoms with Gasteiger partial charge in [0.05, 0.1) is 23.3 Å². The van der Waals surface area contributed by atoms with Gasteiger partial charge in [0, 0.05) is 6.61 Å². The fourth-order valence-electron chi connectivity index (χ4n) is 1.25. The molecule has 0 bridgehead atoms. The van der Waals surface area contributed by atoms with E-state index in [0.29, 0.717) is 29.5 Å². The van der Waals surface area contributed by atoms with Gasteiger partial charge in [0.2, 0.25) is 0 Å². The first-order valence-corrected chi connectivity index (χ1v) is 6.06. The molecule has 0 atom stereocenters. The summed E-state index contributed by atoms with van der Waals surface area (Å²) in [5.41, 5.74) is 0.529. The summed E-state index contributed by atoms with van der Waals surface area (Å²) < 4.78 is 10.8. The van der Waals surface area contributed by atoms with Gasteiger partial charge in [-0.25, -0.2) is 0 Å². The highest BCUT2D eigenvalue weighted by Gasteiger charge is 2.02. The van der Waals surface area contributed by atoms with E-state index in [9.17, 15) is 0 Å². The molecule has 0 aliphatic rings. The molecule has 0 heterocycles. The smallest absolute Gasteiger partial charge is 0.138 e. The molecular weight excluding hydrogens is 238 g/mol. The molecule has 0 aliphatic heterocycles. The number of unbranched alkanes of at least 4 members (excludes halogenated alkanes) is 1. The van der Waals surface area contributed by atoms with Crippen LogP contribution in [-0.4, -0.2) is 19.8 Å². The minimum Gasteiger partial charge on any atom is -0.490 e. The molecule has 0 saturated carbocycles. The van der Waals surface area contributed by atoms with Crippen molar-refractivity contribution in [2.45, 2.75) is 19.8 Å². The Bertz CT molecular complexity index is 387. The third kappa shape index (κ3) is 5.08. The molecule has 1 rings (SSSR count). The van der Waals surface area contributed by atoms with E-state index in [4.69, 9.17) is 26.3 Å². The Morgan fingerprint density at radius 1 is 1.29 bits per heavy atom. The normalized spacial score (nSPS) is 9.94. The average molecular weight is 254 g/mol. The van der Waals surface area contributed by atoms with Crippen molar-refractivity contribution in [1.82, 2.24) is 0 Å². The molecule has 0 radical (unpaired) electrons. The molecule has 1 aromatic rings. The predicted octanol–water partition coefficient (Wildman–Crippen LogP) is 3.41. The highest BCUT2D eigenvalue weighted by atomic mass is 35.5. The zero-order valence-corrected chi connectivity index (χ0v) is 10.7. The summed E-state index contributed by atoms with van der Waals surface area (Å²) in [5, 5.41) is 9.14. The molecule has 0 aliphatic carbocycles. The van der Waals surface area contributed by atoms with Crippen molar-refractivity contribution < 1.29 is 9.47 Å². The minimum atomic E-state index is 0.456. The van der Waals surface area contributed by atoms with Crippen molar-refractivity contribution in [3.05, 3.63) is 28.8 Å². The van der Waals surface area contributed by atoms with Crippen LogP contribution < -0.4 is 4.74 Å². The molecule has 1 aromatic carbocycles. The van der Waals surface area contributed by atoms with E-state index in [1.807, 2.05) is 6.07 Å². The average Bonchev–Trinajstić information content (AvgIpc) is 2.35. The molecule has 0 unspecified atom stereocenters. The Labute approximate surface area is 107 Å². The number of ether oxygens (including phenoxy) is 2. The second kappa shape index (κ2) is 7.94. The maximum Gasteiger partial charge on any atom is 0.138 e. The van der Waals surface area contributed by atoms with E-state index in [1.54, 1.807) is 18.2 Å². The number of halogens is 1. The summed E-state index contributed by atoms with van der Waals surface area (Å²) in [7, 11) is 0. The SMILES string of the molecule is CCCCOCCOc1ccc(C#N)cc1Cl. The van der Waals surface area contributed by atoms with Crippen LogP contribution in [0, 0.1) is 11.3 Å². The zero-order valence-electron chi connectivity index (χ0n) is 9.91. The molecule has 0 amide bonds. The van der Waals surface area contributed by atoms with E-state index in [-0.39, 0.29) is 0 Å². The van der Waals surface area contributed by atoms with Crippen molar-refractivity contribution in [3.8, 4) is 11.8 Å². The van der Waals surface area contributed by atoms with Gasteiger partial charge in [-0.15, -0.1) is 0 Å². The Balaban J connectivity index is 2.30. The summed E-state index contributed by atoms with van der Waals surface area (Å²) in [6, 6.07) is 6.99. The quantitative estimate of drug-likeness (QED) is 0.700. The maximum atomic E-state index is 8.68. The number of rotatable bonds is 7. The molecule has 0 aromatic heterocycles. The van der Waals surface area contributed by atoms with Crippen molar-refractivity contribution in [1.29, 1.82) is 5.26 Å². The van der Waals surface area contributed by atoms with Gasteiger partial charge < -0.3 is 9.47 Å². The van der Waals surface area contributed by atoms with Crippen molar-refractivity contribution in [2.24, 2.45) is 0 Å². The van der Waals surface area contributed by atoms with Crippen LogP contribution in [0.25, 0.3) is 0 Å². The van der Waals surface area contributed by atoms with Crippen LogP contribution >= 0.6 is 11.6 Å². The number of benzene rings is 1. The van der Waals surface area contributed by atoms with Crippen LogP contribution in [-0.2, 0) is 4.74 Å². The molecule has 0 spiro atoms. The van der Waals surface area contributed by atoms with Crippen molar-refractivity contribution in [2.75, 3.05) is 19.8 Å². The lowest BCUT2D eigenvalue weighted by Gasteiger charge is -2.08. The molecular formula is C13H16ClNO2. The van der Waals surface area contributed by atoms with Gasteiger partial charge in [-0.2, -0.15) is 5.26 Å². The third-order valence-electron chi connectivity index (χ3n) is 2.19. The molecule has 0 saturated heterocycles. The van der Waals surface area contributed by atoms with Crippen LogP contribution in [0.5, 0.6) is 5.75 Å². The largest absolute Gasteiger partial charge is 0.490 e. The first-order valence-electron chi connectivity index (χ1n) is 5.68. The van der Waals surface area contributed by atoms with Crippen LogP contribution in [0.4, 0.5) is 0 Å². The highest BCUT2D eigenvalue weighted by Crippen LogP contribution is 2.24. The monoisotopic (exact) mass is 253 g/mol. The molecule has 92 valence electrons. The predicted molar refractivity (Wildman–Crippen MR) is 67.4 cm³/mol. The number of hydrogen-bond acceptors (Lipinski definition) is 3. The van der Waals surface area contributed by atoms with Gasteiger partial charge in [-0.3, -0.25) is 0 Å². The Morgan fingerprint density at radius 2 is 2.12 bits per heavy atom. The molecule has 17 heavy (non-hydrogen) atoms. The van der Waals surface area contributed by atoms with Gasteiger partial charge in [-0.1, -0.05) is 24.9 Å². The van der Waals surface area contributed by atoms with Gasteiger partial charge in [-0.05, 0) is 24.6 Å². The lowest BCUT2D eigenvalue weighted by atomic mass is 10.2. The maximum absolute atomic E-state index is 8.68. The highest BCUT2D eigenvalue weighted by molar-refractivity contribution is 6.32. The van der Waals surface area contributed by atoms with Crippen LogP contribution in [0.15, 0.2) is 18.2 Å². The van der Waals surface area contributed by atoms with Gasteiger partial charge in [0.25, 0.3) is 0 Å². The summed E-state index contributed by atoms with van der Waals surface area (Å²) in [6.45, 7) is 3.91. The van der Waals surface area contributed by atoms with Gasteiger partial charge in [0.15, 0.2) is 0 Å². The van der Waals surface area contributed by atoms with E-state index in [1.165, 1.54) is 0 Å². The van der Waals surface area contributed by atoms with Gasteiger partial charge >= 0.3 is 0 Å². The second-order valence-corrected chi connectivity index (χ2v) is 3.98. The minimum absolute atomic E-state index is 0.456. The van der Waals surface area contributed by atoms with Crippen molar-refractivity contribution >= 4 is 11.6 Å². The lowest BCUT2D eigenvalue weighted by Crippen LogP contribution is -2.07. The van der Waals surface area contributed by atoms with Crippen LogP contribution in [0.1, 0.15) is 25.3 Å². The molecule has 3 nitrogen and oxygen atoms in total. The van der Waals surface area contributed by atoms with E-state index in [2.05, 4.69) is 6.92 Å². The summed E-state index contributed by atoms with van der Waals surface area (Å²) in [6.07, 6.45) is 2.19. The fourth-order valence-corrected chi connectivity index (χ4v) is 1.48. The van der Waals surface area contributed by atoms with Crippen LogP contribution in [0.2, 0.25) is 5.02 Å². The summed E-state index contributed by atoms with van der Waals surface area (Å²) in [4.78, 5) is 0. The molecule has 0 fully saturated rings. The van der Waals surface area contributed by atoms with E-state index < -0.39 is 0 Å². The topological polar surface area (TPSA) is 42.2 Å². The Kier molecular flexibility index (Phi) is 6.46. The van der Waals surface area contributed by atoms with Crippen molar-refractivity contribution in [3.63, 3.8) is 0 Å². The fraction of sp³-hybridized carbons (Fsp3) is 0.462. The zero-order chi connectivity index (χ0) is 12.5. The lowest BCUT2D eigenvalue weighted by molar-refractivity contribution is 0.0981. The van der Waals surface area contributed by atoms with E-state index >= 15 is 0 Å². The molecule has 0 N–H and O–H groups in total. The number of nitriles is 1. The molecule has 4 heteroatoms. The first kappa shape index (κ1) is 13.8. The first-order chi connectivity index (χ1) is 8.27.